The van der Waals surface area contributed by atoms with E-state index in [0.29, 0.717) is 5.92 Å². The van der Waals surface area contributed by atoms with Gasteiger partial charge in [0.15, 0.2) is 0 Å². The van der Waals surface area contributed by atoms with Gasteiger partial charge in [0.1, 0.15) is 0 Å². The molecule has 2 aromatic heterocycles. The second kappa shape index (κ2) is 5.75. The smallest absolute Gasteiger partial charge is 0.0472 e. The lowest BCUT2D eigenvalue weighted by Crippen LogP contribution is -2.28. The molecule has 1 fully saturated rings. The Morgan fingerprint density at radius 3 is 2.68 bits per heavy atom. The number of fused-ring (bicyclic) bond motifs is 3. The van der Waals surface area contributed by atoms with Gasteiger partial charge in [-0.1, -0.05) is 17.9 Å². The molecular formula is C22H21N3. The molecule has 124 valence electrons. The van der Waals surface area contributed by atoms with E-state index in [-0.39, 0.29) is 0 Å². The number of piperidine rings is 1. The third-order valence-electron chi connectivity index (χ3n) is 5.58. The van der Waals surface area contributed by atoms with Gasteiger partial charge in [-0.05, 0) is 62.7 Å². The van der Waals surface area contributed by atoms with E-state index in [1.807, 2.05) is 25.3 Å². The third-order valence-corrected chi connectivity index (χ3v) is 5.58. The standard InChI is InChI=1S/C22H21N3/c1-15-2-3-17(13-23-15)5-4-16-6-7-19-20-14-25-10-8-18(9-11-25)22(20)24-21(19)12-16/h2-3,6-7,12-13,18,24H,8-11,14H2,1H3. The first-order valence-corrected chi connectivity index (χ1v) is 9.08. The number of aryl methyl sites for hydroxylation is 1. The average molecular weight is 327 g/mol. The Bertz CT molecular complexity index is 993. The number of benzene rings is 1. The van der Waals surface area contributed by atoms with Crippen LogP contribution in [0.5, 0.6) is 0 Å². The summed E-state index contributed by atoms with van der Waals surface area (Å²) in [6, 6.07) is 10.6. The molecule has 0 spiro atoms. The van der Waals surface area contributed by atoms with Crippen LogP contribution >= 0.6 is 0 Å². The van der Waals surface area contributed by atoms with Crippen LogP contribution in [0.2, 0.25) is 0 Å². The maximum atomic E-state index is 4.30. The molecule has 25 heavy (non-hydrogen) atoms. The number of aromatic nitrogens is 2. The summed E-state index contributed by atoms with van der Waals surface area (Å²) in [5.41, 5.74) is 7.24. The van der Waals surface area contributed by atoms with Crippen LogP contribution in [0.4, 0.5) is 0 Å². The molecule has 0 saturated carbocycles. The third kappa shape index (κ3) is 2.63. The van der Waals surface area contributed by atoms with Gasteiger partial charge in [-0.3, -0.25) is 9.88 Å². The van der Waals surface area contributed by atoms with Gasteiger partial charge in [0, 0.05) is 52.1 Å². The van der Waals surface area contributed by atoms with Gasteiger partial charge >= 0.3 is 0 Å². The minimum Gasteiger partial charge on any atom is -0.358 e. The number of hydrogen-bond donors (Lipinski definition) is 1. The SMILES string of the molecule is Cc1ccc(C#Cc2ccc3c4c([nH]c3c2)C2CCN(CC2)C4)cn1. The second-order valence-electron chi connectivity index (χ2n) is 7.27. The zero-order valence-electron chi connectivity index (χ0n) is 14.5. The van der Waals surface area contributed by atoms with Crippen molar-refractivity contribution in [3.05, 3.63) is 64.6 Å². The first-order valence-electron chi connectivity index (χ1n) is 9.08. The minimum absolute atomic E-state index is 0.703. The Labute approximate surface area is 148 Å². The van der Waals surface area contributed by atoms with E-state index in [1.165, 1.54) is 48.1 Å². The highest BCUT2D eigenvalue weighted by atomic mass is 15.1. The maximum Gasteiger partial charge on any atom is 0.0472 e. The number of hydrogen-bond acceptors (Lipinski definition) is 2. The minimum atomic E-state index is 0.703. The normalized spacial score (nSPS) is 21.5. The Morgan fingerprint density at radius 2 is 1.88 bits per heavy atom. The molecule has 1 saturated heterocycles. The molecule has 3 heteroatoms. The highest BCUT2D eigenvalue weighted by Crippen LogP contribution is 2.38. The summed E-state index contributed by atoms with van der Waals surface area (Å²) < 4.78 is 0. The second-order valence-corrected chi connectivity index (χ2v) is 7.27. The van der Waals surface area contributed by atoms with Gasteiger partial charge < -0.3 is 4.98 Å². The summed E-state index contributed by atoms with van der Waals surface area (Å²) in [6.07, 6.45) is 4.41. The zero-order valence-corrected chi connectivity index (χ0v) is 14.5. The molecule has 1 aromatic carbocycles. The Balaban J connectivity index is 1.52. The van der Waals surface area contributed by atoms with Gasteiger partial charge in [-0.2, -0.15) is 0 Å². The van der Waals surface area contributed by atoms with Crippen LogP contribution in [-0.2, 0) is 6.54 Å². The summed E-state index contributed by atoms with van der Waals surface area (Å²) >= 11 is 0. The van der Waals surface area contributed by atoms with Gasteiger partial charge in [-0.25, -0.2) is 0 Å². The molecule has 1 N–H and O–H groups in total. The van der Waals surface area contributed by atoms with Crippen LogP contribution in [0, 0.1) is 18.8 Å². The predicted molar refractivity (Wildman–Crippen MR) is 101 cm³/mol. The monoisotopic (exact) mass is 327 g/mol. The number of pyridine rings is 1. The number of nitrogens with zero attached hydrogens (tertiary/aromatic N) is 2. The van der Waals surface area contributed by atoms with E-state index < -0.39 is 0 Å². The zero-order chi connectivity index (χ0) is 16.8. The lowest BCUT2D eigenvalue weighted by atomic mass is 9.94. The van der Waals surface area contributed by atoms with Crippen molar-refractivity contribution in [1.29, 1.82) is 0 Å². The molecule has 3 aromatic rings. The summed E-state index contributed by atoms with van der Waals surface area (Å²) in [6.45, 7) is 5.56. The molecular weight excluding hydrogens is 306 g/mol. The van der Waals surface area contributed by atoms with E-state index in [0.717, 1.165) is 23.4 Å². The molecule has 0 unspecified atom stereocenters. The molecule has 6 rings (SSSR count). The van der Waals surface area contributed by atoms with Crippen LogP contribution in [-0.4, -0.2) is 28.0 Å². The fourth-order valence-electron chi connectivity index (χ4n) is 4.16. The molecule has 2 bridgehead atoms. The molecule has 0 radical (unpaired) electrons. The Kier molecular flexibility index (Phi) is 3.39. The molecule has 5 heterocycles. The average Bonchev–Trinajstić information content (AvgIpc) is 2.79. The number of rotatable bonds is 0. The van der Waals surface area contributed by atoms with E-state index >= 15 is 0 Å². The van der Waals surface area contributed by atoms with E-state index in [9.17, 15) is 0 Å². The molecule has 0 aliphatic carbocycles. The molecule has 3 aliphatic heterocycles. The molecule has 0 atom stereocenters. The van der Waals surface area contributed by atoms with Gasteiger partial charge in [0.05, 0.1) is 0 Å². The van der Waals surface area contributed by atoms with Crippen LogP contribution in [0.15, 0.2) is 36.5 Å². The van der Waals surface area contributed by atoms with Crippen molar-refractivity contribution in [2.45, 2.75) is 32.2 Å². The van der Waals surface area contributed by atoms with Crippen molar-refractivity contribution >= 4 is 10.9 Å². The van der Waals surface area contributed by atoms with Crippen molar-refractivity contribution in [2.24, 2.45) is 0 Å². The summed E-state index contributed by atoms with van der Waals surface area (Å²) in [7, 11) is 0. The van der Waals surface area contributed by atoms with E-state index in [1.54, 1.807) is 0 Å². The summed E-state index contributed by atoms with van der Waals surface area (Å²) in [5.74, 6) is 7.20. The van der Waals surface area contributed by atoms with Crippen LogP contribution in [0.3, 0.4) is 0 Å². The van der Waals surface area contributed by atoms with Crippen molar-refractivity contribution in [3.63, 3.8) is 0 Å². The Morgan fingerprint density at radius 1 is 1.08 bits per heavy atom. The van der Waals surface area contributed by atoms with Gasteiger partial charge in [0.2, 0.25) is 0 Å². The fraction of sp³-hybridized carbons (Fsp3) is 0.318. The Hall–Kier alpha value is -2.57. The lowest BCUT2D eigenvalue weighted by molar-refractivity contribution is 0.220. The fourth-order valence-corrected chi connectivity index (χ4v) is 4.16. The quantitative estimate of drug-likeness (QED) is 0.634. The molecule has 3 aliphatic rings. The highest BCUT2D eigenvalue weighted by molar-refractivity contribution is 5.86. The van der Waals surface area contributed by atoms with Gasteiger partial charge in [0.25, 0.3) is 0 Å². The van der Waals surface area contributed by atoms with Crippen molar-refractivity contribution in [1.82, 2.24) is 14.9 Å². The summed E-state index contributed by atoms with van der Waals surface area (Å²) in [4.78, 5) is 10.6. The number of aromatic amines is 1. The largest absolute Gasteiger partial charge is 0.358 e. The number of nitrogens with one attached hydrogen (secondary N) is 1. The lowest BCUT2D eigenvalue weighted by Gasteiger charge is -2.26. The topological polar surface area (TPSA) is 31.9 Å². The van der Waals surface area contributed by atoms with Crippen molar-refractivity contribution < 1.29 is 0 Å². The van der Waals surface area contributed by atoms with E-state index in [2.05, 4.69) is 44.9 Å². The van der Waals surface area contributed by atoms with E-state index in [4.69, 9.17) is 0 Å². The number of H-pyrrole nitrogens is 1. The summed E-state index contributed by atoms with van der Waals surface area (Å²) in [5, 5.41) is 1.37. The first kappa shape index (κ1) is 14.7. The maximum absolute atomic E-state index is 4.30. The van der Waals surface area contributed by atoms with Crippen molar-refractivity contribution in [3.8, 4) is 11.8 Å². The predicted octanol–water partition coefficient (Wildman–Crippen LogP) is 3.96. The van der Waals surface area contributed by atoms with Crippen LogP contribution in [0.1, 0.15) is 46.8 Å². The van der Waals surface area contributed by atoms with Crippen LogP contribution < -0.4 is 0 Å². The van der Waals surface area contributed by atoms with Crippen molar-refractivity contribution in [2.75, 3.05) is 13.1 Å². The molecule has 0 amide bonds. The first-order chi connectivity index (χ1) is 12.3. The highest BCUT2D eigenvalue weighted by Gasteiger charge is 2.30. The van der Waals surface area contributed by atoms with Gasteiger partial charge in [-0.15, -0.1) is 0 Å². The molecule has 3 nitrogen and oxygen atoms in total. The van der Waals surface area contributed by atoms with Crippen LogP contribution in [0.25, 0.3) is 10.9 Å².